The molecule has 4 aromatic rings. The Morgan fingerprint density at radius 2 is 1.90 bits per heavy atom. The van der Waals surface area contributed by atoms with Crippen LogP contribution < -0.4 is 4.90 Å². The largest absolute Gasteiger partial charge is 0.506 e. The normalized spacial score (nSPS) is 15.9. The number of nitrogens with zero attached hydrogens (tertiary/aromatic N) is 6. The molecule has 0 spiro atoms. The molecular weight excluding hydrogens is 430 g/mol. The van der Waals surface area contributed by atoms with Crippen LogP contribution in [0.15, 0.2) is 24.7 Å². The van der Waals surface area contributed by atoms with Gasteiger partial charge in [-0.3, -0.25) is 5.10 Å². The van der Waals surface area contributed by atoms with Crippen LogP contribution in [0.1, 0.15) is 26.7 Å². The van der Waals surface area contributed by atoms with Crippen LogP contribution in [0, 0.1) is 0 Å². The Balaban J connectivity index is 1.34. The lowest BCUT2D eigenvalue weighted by Crippen LogP contribution is -2.45. The number of thiazole rings is 2. The van der Waals surface area contributed by atoms with Crippen LogP contribution in [-0.4, -0.2) is 67.4 Å². The SMILES string of the molecule is CC(C)N1CCC(N(C)c2nc3sc(-c4ncc(-c5cn[nH]c5)cc4O)nc3s2)CC1. The van der Waals surface area contributed by atoms with Gasteiger partial charge in [-0.15, -0.1) is 0 Å². The number of nitrogens with one attached hydrogen (secondary N) is 1. The van der Waals surface area contributed by atoms with Crippen LogP contribution in [0.4, 0.5) is 5.13 Å². The fourth-order valence-electron chi connectivity index (χ4n) is 4.01. The van der Waals surface area contributed by atoms with E-state index in [1.807, 2.05) is 0 Å². The summed E-state index contributed by atoms with van der Waals surface area (Å²) in [5, 5.41) is 18.9. The van der Waals surface area contributed by atoms with E-state index in [9.17, 15) is 5.11 Å². The van der Waals surface area contributed by atoms with Gasteiger partial charge in [-0.2, -0.15) is 5.10 Å². The fraction of sp³-hybridized carbons (Fsp3) is 0.429. The number of aromatic hydroxyl groups is 1. The maximum atomic E-state index is 10.5. The fourth-order valence-corrected chi connectivity index (χ4v) is 6.09. The Bertz CT molecular complexity index is 1140. The average molecular weight is 456 g/mol. The van der Waals surface area contributed by atoms with E-state index >= 15 is 0 Å². The molecule has 5 heterocycles. The van der Waals surface area contributed by atoms with E-state index in [0.29, 0.717) is 22.8 Å². The highest BCUT2D eigenvalue weighted by Crippen LogP contribution is 2.39. The Labute approximate surface area is 188 Å². The molecule has 31 heavy (non-hydrogen) atoms. The van der Waals surface area contributed by atoms with Gasteiger partial charge in [0, 0.05) is 55.7 Å². The molecule has 0 bridgehead atoms. The Morgan fingerprint density at radius 1 is 1.13 bits per heavy atom. The molecule has 10 heteroatoms. The molecule has 0 atom stereocenters. The summed E-state index contributed by atoms with van der Waals surface area (Å²) in [4.78, 5) is 20.6. The Kier molecular flexibility index (Phi) is 5.37. The molecule has 1 fully saturated rings. The number of H-pyrrole nitrogens is 1. The van der Waals surface area contributed by atoms with Crippen LogP contribution in [0.5, 0.6) is 5.75 Å². The summed E-state index contributed by atoms with van der Waals surface area (Å²) in [5.41, 5.74) is 2.17. The lowest BCUT2D eigenvalue weighted by molar-refractivity contribution is 0.171. The van der Waals surface area contributed by atoms with Crippen LogP contribution in [0.25, 0.3) is 31.5 Å². The number of pyridine rings is 1. The van der Waals surface area contributed by atoms with Gasteiger partial charge in [0.15, 0.2) is 14.8 Å². The van der Waals surface area contributed by atoms with Gasteiger partial charge in [-0.25, -0.2) is 15.0 Å². The van der Waals surface area contributed by atoms with Gasteiger partial charge in [0.25, 0.3) is 0 Å². The smallest absolute Gasteiger partial charge is 0.188 e. The third-order valence-corrected chi connectivity index (χ3v) is 8.07. The molecule has 162 valence electrons. The summed E-state index contributed by atoms with van der Waals surface area (Å²) in [6.45, 7) is 6.79. The van der Waals surface area contributed by atoms with Gasteiger partial charge in [-0.1, -0.05) is 22.7 Å². The number of rotatable bonds is 5. The highest BCUT2D eigenvalue weighted by molar-refractivity contribution is 7.29. The minimum atomic E-state index is 0.106. The van der Waals surface area contributed by atoms with E-state index in [1.54, 1.807) is 36.0 Å². The van der Waals surface area contributed by atoms with Gasteiger partial charge >= 0.3 is 0 Å². The molecule has 1 aliphatic rings. The third kappa shape index (κ3) is 3.90. The summed E-state index contributed by atoms with van der Waals surface area (Å²) in [5.74, 6) is 0.106. The lowest BCUT2D eigenvalue weighted by Gasteiger charge is -2.38. The van der Waals surface area contributed by atoms with Crippen molar-refractivity contribution in [3.8, 4) is 27.6 Å². The zero-order valence-electron chi connectivity index (χ0n) is 17.7. The second kappa shape index (κ2) is 8.18. The van der Waals surface area contributed by atoms with Crippen LogP contribution >= 0.6 is 22.7 Å². The van der Waals surface area contributed by atoms with Gasteiger partial charge < -0.3 is 14.9 Å². The van der Waals surface area contributed by atoms with Crippen LogP contribution in [0.3, 0.4) is 0 Å². The van der Waals surface area contributed by atoms with Crippen molar-refractivity contribution >= 4 is 37.5 Å². The van der Waals surface area contributed by atoms with E-state index in [-0.39, 0.29) is 5.75 Å². The predicted molar refractivity (Wildman–Crippen MR) is 126 cm³/mol. The molecule has 4 aromatic heterocycles. The first-order valence-corrected chi connectivity index (χ1v) is 12.1. The highest BCUT2D eigenvalue weighted by Gasteiger charge is 2.26. The Hall–Kier alpha value is -2.56. The van der Waals surface area contributed by atoms with E-state index < -0.39 is 0 Å². The van der Waals surface area contributed by atoms with Crippen molar-refractivity contribution in [3.05, 3.63) is 24.7 Å². The molecule has 2 N–H and O–H groups in total. The number of fused-ring (bicyclic) bond motifs is 1. The van der Waals surface area contributed by atoms with Crippen molar-refractivity contribution in [2.75, 3.05) is 25.0 Å². The average Bonchev–Trinajstić information content (AvgIpc) is 3.50. The van der Waals surface area contributed by atoms with Crippen molar-refractivity contribution in [2.45, 2.75) is 38.8 Å². The predicted octanol–water partition coefficient (Wildman–Crippen LogP) is 4.22. The minimum absolute atomic E-state index is 0.106. The molecular formula is C21H25N7OS2. The topological polar surface area (TPSA) is 94.1 Å². The lowest BCUT2D eigenvalue weighted by atomic mass is 10.0. The monoisotopic (exact) mass is 455 g/mol. The minimum Gasteiger partial charge on any atom is -0.506 e. The summed E-state index contributed by atoms with van der Waals surface area (Å²) in [6, 6.07) is 2.81. The number of likely N-dealkylation sites (tertiary alicyclic amines) is 1. The second-order valence-electron chi connectivity index (χ2n) is 8.18. The van der Waals surface area contributed by atoms with Crippen molar-refractivity contribution in [1.29, 1.82) is 0 Å². The van der Waals surface area contributed by atoms with Gasteiger partial charge in [-0.05, 0) is 32.8 Å². The van der Waals surface area contributed by atoms with Crippen molar-refractivity contribution < 1.29 is 5.11 Å². The highest BCUT2D eigenvalue weighted by atomic mass is 32.1. The number of piperidine rings is 1. The maximum absolute atomic E-state index is 10.5. The molecule has 1 aliphatic heterocycles. The number of hydrogen-bond donors (Lipinski definition) is 2. The molecule has 0 radical (unpaired) electrons. The van der Waals surface area contributed by atoms with Crippen molar-refractivity contribution in [3.63, 3.8) is 0 Å². The number of hydrogen-bond acceptors (Lipinski definition) is 9. The number of anilines is 1. The Morgan fingerprint density at radius 3 is 2.55 bits per heavy atom. The molecule has 8 nitrogen and oxygen atoms in total. The van der Waals surface area contributed by atoms with E-state index in [1.165, 1.54) is 11.3 Å². The summed E-state index contributed by atoms with van der Waals surface area (Å²) in [7, 11) is 2.14. The number of aromatic amines is 1. The third-order valence-electron chi connectivity index (χ3n) is 5.95. The summed E-state index contributed by atoms with van der Waals surface area (Å²) in [6.07, 6.45) is 7.50. The van der Waals surface area contributed by atoms with Crippen LogP contribution in [0.2, 0.25) is 0 Å². The summed E-state index contributed by atoms with van der Waals surface area (Å²) >= 11 is 3.08. The zero-order valence-corrected chi connectivity index (χ0v) is 19.4. The first-order chi connectivity index (χ1) is 15.0. The standard InChI is InChI=1S/C21H25N7OS2/c1-12(2)28-6-4-15(5-7-28)27(3)21-26-20-19(31-21)25-18(30-20)17-16(29)8-13(9-22-17)14-10-23-24-11-14/h8-12,15,29H,4-7H2,1-3H3,(H,23,24). The molecule has 0 saturated carbocycles. The first kappa shape index (κ1) is 20.3. The van der Waals surface area contributed by atoms with Crippen LogP contribution in [-0.2, 0) is 0 Å². The van der Waals surface area contributed by atoms with Crippen molar-refractivity contribution in [1.82, 2.24) is 30.0 Å². The zero-order chi connectivity index (χ0) is 21.5. The molecule has 0 unspecified atom stereocenters. The summed E-state index contributed by atoms with van der Waals surface area (Å²) < 4.78 is 0. The van der Waals surface area contributed by atoms with E-state index in [2.05, 4.69) is 45.9 Å². The molecule has 0 amide bonds. The molecule has 0 aliphatic carbocycles. The molecule has 1 saturated heterocycles. The maximum Gasteiger partial charge on any atom is 0.188 e. The van der Waals surface area contributed by atoms with Gasteiger partial charge in [0.2, 0.25) is 0 Å². The first-order valence-electron chi connectivity index (χ1n) is 10.4. The van der Waals surface area contributed by atoms with Crippen molar-refractivity contribution in [2.24, 2.45) is 0 Å². The number of aromatic nitrogens is 5. The second-order valence-corrected chi connectivity index (χ2v) is 10.1. The van der Waals surface area contributed by atoms with Gasteiger partial charge in [0.1, 0.15) is 16.5 Å². The quantitative estimate of drug-likeness (QED) is 0.465. The van der Waals surface area contributed by atoms with E-state index in [0.717, 1.165) is 51.9 Å². The molecule has 5 rings (SSSR count). The van der Waals surface area contributed by atoms with Gasteiger partial charge in [0.05, 0.1) is 6.20 Å². The van der Waals surface area contributed by atoms with E-state index in [4.69, 9.17) is 9.97 Å². The molecule has 0 aromatic carbocycles.